The van der Waals surface area contributed by atoms with E-state index in [2.05, 4.69) is 17.1 Å². The molecule has 3 aliphatic heterocycles. The Morgan fingerprint density at radius 1 is 0.773 bits per heavy atom. The molecule has 0 aliphatic carbocycles. The van der Waals surface area contributed by atoms with Gasteiger partial charge in [-0.2, -0.15) is 0 Å². The minimum absolute atomic E-state index is 0.0221. The number of hydrogen-bond acceptors (Lipinski definition) is 6. The molecule has 2 saturated heterocycles. The van der Waals surface area contributed by atoms with Crippen LogP contribution in [0.5, 0.6) is 11.5 Å². The van der Waals surface area contributed by atoms with Crippen molar-refractivity contribution in [3.05, 3.63) is 83.4 Å². The number of amides is 3. The summed E-state index contributed by atoms with van der Waals surface area (Å²) in [7, 11) is 0. The molecule has 230 valence electrons. The Balaban J connectivity index is 1.22. The van der Waals surface area contributed by atoms with Crippen LogP contribution in [0.3, 0.4) is 0 Å². The van der Waals surface area contributed by atoms with Crippen molar-refractivity contribution in [1.82, 2.24) is 9.80 Å². The van der Waals surface area contributed by atoms with Crippen LogP contribution in [-0.4, -0.2) is 73.6 Å². The molecule has 0 aromatic heterocycles. The van der Waals surface area contributed by atoms with Crippen molar-refractivity contribution in [3.63, 3.8) is 0 Å². The number of nitrogens with one attached hydrogen (secondary N) is 1. The van der Waals surface area contributed by atoms with E-state index in [4.69, 9.17) is 9.47 Å². The average molecular weight is 597 g/mol. The number of benzene rings is 3. The van der Waals surface area contributed by atoms with Gasteiger partial charge in [0.05, 0.1) is 11.5 Å². The number of hydrogen-bond donors (Lipinski definition) is 1. The lowest BCUT2D eigenvalue weighted by Gasteiger charge is -2.31. The number of likely N-dealkylation sites (tertiary alicyclic amines) is 1. The van der Waals surface area contributed by atoms with Gasteiger partial charge in [0.25, 0.3) is 11.8 Å². The van der Waals surface area contributed by atoms with E-state index >= 15 is 0 Å². The highest BCUT2D eigenvalue weighted by Crippen LogP contribution is 2.33. The van der Waals surface area contributed by atoms with Gasteiger partial charge in [-0.1, -0.05) is 37.3 Å². The molecule has 3 aromatic carbocycles. The minimum atomic E-state index is -0.291. The summed E-state index contributed by atoms with van der Waals surface area (Å²) < 4.78 is 10.8. The van der Waals surface area contributed by atoms with Crippen LogP contribution in [0.2, 0.25) is 0 Å². The highest BCUT2D eigenvalue weighted by atomic mass is 16.7. The van der Waals surface area contributed by atoms with Crippen molar-refractivity contribution in [2.24, 2.45) is 0 Å². The molecule has 3 aliphatic rings. The molecule has 3 aromatic rings. The van der Waals surface area contributed by atoms with Crippen molar-refractivity contribution < 1.29 is 23.9 Å². The predicted molar refractivity (Wildman–Crippen MR) is 170 cm³/mol. The van der Waals surface area contributed by atoms with Crippen LogP contribution >= 0.6 is 0 Å². The number of carbonyl (C=O) groups is 3. The van der Waals surface area contributed by atoms with E-state index < -0.39 is 0 Å². The number of nitrogens with zero attached hydrogens (tertiary/aromatic N) is 3. The Hall–Kier alpha value is -4.53. The molecule has 44 heavy (non-hydrogen) atoms. The highest BCUT2D eigenvalue weighted by Gasteiger charge is 2.29. The first kappa shape index (κ1) is 29.5. The maximum atomic E-state index is 13.9. The van der Waals surface area contributed by atoms with Crippen LogP contribution in [0.15, 0.2) is 66.7 Å². The number of carbonyl (C=O) groups excluding carboxylic acids is 3. The summed E-state index contributed by atoms with van der Waals surface area (Å²) in [6.45, 7) is 6.27. The van der Waals surface area contributed by atoms with Crippen molar-refractivity contribution in [2.45, 2.75) is 44.9 Å². The molecule has 9 heteroatoms. The summed E-state index contributed by atoms with van der Waals surface area (Å²) in [6.07, 6.45) is 4.65. The SMILES string of the molecule is CCC(C(=O)N1CCCN(c2ccc(NC(=O)c3ccc4c(c3)OCO4)cc2C(=O)N2CCCCC2)CC1)c1ccccc1. The van der Waals surface area contributed by atoms with E-state index in [1.165, 1.54) is 0 Å². The Morgan fingerprint density at radius 2 is 1.55 bits per heavy atom. The standard InChI is InChI=1S/C35H40N4O5/c1-2-28(25-10-5-3-6-11-25)34(41)39-19-9-18-37(20-21-39)30-14-13-27(23-29(30)35(42)38-16-7-4-8-17-38)36-33(40)26-12-15-31-32(22-26)44-24-43-31/h3,5-6,10-15,22-23,28H,2,4,7-9,16-21,24H2,1H3,(H,36,40). The number of rotatable bonds is 7. The van der Waals surface area contributed by atoms with Gasteiger partial charge in [0.2, 0.25) is 12.7 Å². The van der Waals surface area contributed by atoms with Gasteiger partial charge in [0.15, 0.2) is 11.5 Å². The van der Waals surface area contributed by atoms with Crippen LogP contribution in [0.25, 0.3) is 0 Å². The second-order valence-electron chi connectivity index (χ2n) is 11.6. The first-order valence-corrected chi connectivity index (χ1v) is 15.7. The first-order valence-electron chi connectivity index (χ1n) is 15.7. The largest absolute Gasteiger partial charge is 0.454 e. The van der Waals surface area contributed by atoms with Crippen molar-refractivity contribution in [1.29, 1.82) is 0 Å². The summed E-state index contributed by atoms with van der Waals surface area (Å²) in [4.78, 5) is 46.8. The molecule has 9 nitrogen and oxygen atoms in total. The molecule has 2 fully saturated rings. The fraction of sp³-hybridized carbons (Fsp3) is 0.400. The van der Waals surface area contributed by atoms with Gasteiger partial charge in [-0.05, 0) is 74.1 Å². The van der Waals surface area contributed by atoms with Crippen LogP contribution in [-0.2, 0) is 4.79 Å². The van der Waals surface area contributed by atoms with Gasteiger partial charge in [-0.25, -0.2) is 0 Å². The van der Waals surface area contributed by atoms with Crippen LogP contribution in [0.4, 0.5) is 11.4 Å². The first-order chi connectivity index (χ1) is 21.5. The van der Waals surface area contributed by atoms with E-state index in [1.54, 1.807) is 24.3 Å². The zero-order valence-corrected chi connectivity index (χ0v) is 25.3. The summed E-state index contributed by atoms with van der Waals surface area (Å²) in [5.41, 5.74) is 3.46. The summed E-state index contributed by atoms with van der Waals surface area (Å²) in [5.74, 6) is 0.838. The van der Waals surface area contributed by atoms with E-state index in [0.717, 1.165) is 63.0 Å². The topological polar surface area (TPSA) is 91.4 Å². The average Bonchev–Trinajstić information content (AvgIpc) is 3.41. The third-order valence-corrected chi connectivity index (χ3v) is 8.82. The van der Waals surface area contributed by atoms with Gasteiger partial charge >= 0.3 is 0 Å². The third-order valence-electron chi connectivity index (χ3n) is 8.82. The third kappa shape index (κ3) is 6.37. The molecular formula is C35H40N4O5. The summed E-state index contributed by atoms with van der Waals surface area (Å²) >= 11 is 0. The molecule has 0 bridgehead atoms. The fourth-order valence-electron chi connectivity index (χ4n) is 6.41. The smallest absolute Gasteiger partial charge is 0.256 e. The van der Waals surface area contributed by atoms with Crippen LogP contribution in [0, 0.1) is 0 Å². The predicted octanol–water partition coefficient (Wildman–Crippen LogP) is 5.53. The van der Waals surface area contributed by atoms with Crippen molar-refractivity contribution >= 4 is 29.1 Å². The number of piperidine rings is 1. The van der Waals surface area contributed by atoms with E-state index in [1.807, 2.05) is 52.3 Å². The summed E-state index contributed by atoms with van der Waals surface area (Å²) in [6, 6.07) is 20.7. The molecule has 3 amide bonds. The Morgan fingerprint density at radius 3 is 2.34 bits per heavy atom. The van der Waals surface area contributed by atoms with Crippen molar-refractivity contribution in [2.75, 3.05) is 56.3 Å². The van der Waals surface area contributed by atoms with Gasteiger partial charge in [-0.15, -0.1) is 0 Å². The molecule has 0 radical (unpaired) electrons. The highest BCUT2D eigenvalue weighted by molar-refractivity contribution is 6.06. The Kier molecular flexibility index (Phi) is 9.00. The second-order valence-corrected chi connectivity index (χ2v) is 11.6. The Bertz CT molecular complexity index is 1500. The molecule has 1 atom stereocenters. The van der Waals surface area contributed by atoms with E-state index in [0.29, 0.717) is 47.9 Å². The van der Waals surface area contributed by atoms with Crippen LogP contribution in [0.1, 0.15) is 71.2 Å². The number of fused-ring (bicyclic) bond motifs is 1. The lowest BCUT2D eigenvalue weighted by molar-refractivity contribution is -0.132. The quantitative estimate of drug-likeness (QED) is 0.386. The number of anilines is 2. The summed E-state index contributed by atoms with van der Waals surface area (Å²) in [5, 5.41) is 2.97. The Labute approximate surface area is 258 Å². The molecular weight excluding hydrogens is 556 g/mol. The van der Waals surface area contributed by atoms with Gasteiger partial charge in [-0.3, -0.25) is 14.4 Å². The van der Waals surface area contributed by atoms with E-state index in [-0.39, 0.29) is 30.4 Å². The molecule has 1 N–H and O–H groups in total. The van der Waals surface area contributed by atoms with Crippen LogP contribution < -0.4 is 19.7 Å². The second kappa shape index (κ2) is 13.4. The fourth-order valence-corrected chi connectivity index (χ4v) is 6.41. The zero-order valence-electron chi connectivity index (χ0n) is 25.3. The zero-order chi connectivity index (χ0) is 30.5. The maximum absolute atomic E-state index is 13.9. The lowest BCUT2D eigenvalue weighted by atomic mass is 9.95. The van der Waals surface area contributed by atoms with Gasteiger partial charge in [0.1, 0.15) is 0 Å². The van der Waals surface area contributed by atoms with Gasteiger partial charge < -0.3 is 29.5 Å². The van der Waals surface area contributed by atoms with Gasteiger partial charge in [0, 0.05) is 56.2 Å². The molecule has 3 heterocycles. The van der Waals surface area contributed by atoms with E-state index in [9.17, 15) is 14.4 Å². The molecule has 0 spiro atoms. The number of ether oxygens (including phenoxy) is 2. The normalized spacial score (nSPS) is 17.2. The van der Waals surface area contributed by atoms with Crippen molar-refractivity contribution in [3.8, 4) is 11.5 Å². The lowest BCUT2D eigenvalue weighted by Crippen LogP contribution is -2.39. The molecule has 6 rings (SSSR count). The maximum Gasteiger partial charge on any atom is 0.256 e. The molecule has 0 saturated carbocycles. The molecule has 1 unspecified atom stereocenters. The minimum Gasteiger partial charge on any atom is -0.454 e. The monoisotopic (exact) mass is 596 g/mol.